The van der Waals surface area contributed by atoms with Crippen molar-refractivity contribution in [3.05, 3.63) is 54.0 Å². The molecule has 0 spiro atoms. The van der Waals surface area contributed by atoms with Gasteiger partial charge in [-0.1, -0.05) is 32.0 Å². The molecule has 0 unspecified atom stereocenters. The average molecular weight is 401 g/mol. The molecule has 28 heavy (non-hydrogen) atoms. The van der Waals surface area contributed by atoms with Crippen LogP contribution >= 0.6 is 11.8 Å². The van der Waals surface area contributed by atoms with Gasteiger partial charge in [0.2, 0.25) is 0 Å². The van der Waals surface area contributed by atoms with Crippen LogP contribution in [0.5, 0.6) is 0 Å². The van der Waals surface area contributed by atoms with Gasteiger partial charge in [-0.2, -0.15) is 0 Å². The lowest BCUT2D eigenvalue weighted by Crippen LogP contribution is -2.48. The summed E-state index contributed by atoms with van der Waals surface area (Å²) in [6.45, 7) is 7.00. The molecule has 0 bridgehead atoms. The van der Waals surface area contributed by atoms with Crippen molar-refractivity contribution in [3.63, 3.8) is 0 Å². The molecule has 3 atom stereocenters. The molecular weight excluding hydrogens is 372 g/mol. The van der Waals surface area contributed by atoms with E-state index in [0.717, 1.165) is 31.9 Å². The molecule has 3 heterocycles. The van der Waals surface area contributed by atoms with Gasteiger partial charge in [-0.25, -0.2) is 0 Å². The van der Waals surface area contributed by atoms with Gasteiger partial charge in [0.05, 0.1) is 18.5 Å². The van der Waals surface area contributed by atoms with Crippen molar-refractivity contribution in [2.24, 2.45) is 5.92 Å². The van der Waals surface area contributed by atoms with Crippen LogP contribution in [0.4, 0.5) is 0 Å². The molecule has 0 aliphatic carbocycles. The Labute approximate surface area is 170 Å². The summed E-state index contributed by atoms with van der Waals surface area (Å²) in [6.07, 6.45) is 1.23. The molecular formula is C22H28N2O3S. The lowest BCUT2D eigenvalue weighted by Gasteiger charge is -2.36. The van der Waals surface area contributed by atoms with Crippen LogP contribution in [0, 0.1) is 5.92 Å². The predicted octanol–water partition coefficient (Wildman–Crippen LogP) is 3.80. The number of carbonyl (C=O) groups excluding carboxylic acids is 1. The first kappa shape index (κ1) is 19.6. The van der Waals surface area contributed by atoms with E-state index in [0.29, 0.717) is 29.6 Å². The van der Waals surface area contributed by atoms with Crippen LogP contribution in [-0.4, -0.2) is 48.7 Å². The molecule has 1 N–H and O–H groups in total. The molecule has 2 aliphatic heterocycles. The number of hydrogen-bond acceptors (Lipinski definition) is 5. The number of furan rings is 1. The predicted molar refractivity (Wildman–Crippen MR) is 111 cm³/mol. The average Bonchev–Trinajstić information content (AvgIpc) is 3.33. The first-order valence-corrected chi connectivity index (χ1v) is 11.0. The van der Waals surface area contributed by atoms with E-state index >= 15 is 0 Å². The minimum Gasteiger partial charge on any atom is -0.455 e. The van der Waals surface area contributed by atoms with Gasteiger partial charge in [-0.05, 0) is 36.6 Å². The molecule has 5 nitrogen and oxygen atoms in total. The number of thioether (sulfide) groups is 1. The maximum atomic E-state index is 12.6. The highest BCUT2D eigenvalue weighted by atomic mass is 32.2. The topological polar surface area (TPSA) is 54.7 Å². The summed E-state index contributed by atoms with van der Waals surface area (Å²) in [6, 6.07) is 14.4. The van der Waals surface area contributed by atoms with Crippen LogP contribution in [-0.2, 0) is 10.5 Å². The number of ether oxygens (including phenoxy) is 1. The third-order valence-electron chi connectivity index (χ3n) is 5.53. The fraction of sp³-hybridized carbons (Fsp3) is 0.500. The van der Waals surface area contributed by atoms with E-state index in [-0.39, 0.29) is 11.9 Å². The second kappa shape index (κ2) is 8.72. The maximum Gasteiger partial charge on any atom is 0.287 e. The number of nitrogens with one attached hydrogen (secondary N) is 1. The highest BCUT2D eigenvalue weighted by molar-refractivity contribution is 7.98. The maximum absolute atomic E-state index is 12.6. The van der Waals surface area contributed by atoms with Crippen molar-refractivity contribution < 1.29 is 13.9 Å². The van der Waals surface area contributed by atoms with Gasteiger partial charge in [-0.3, -0.25) is 9.69 Å². The second-order valence-electron chi connectivity index (χ2n) is 8.00. The zero-order valence-corrected chi connectivity index (χ0v) is 17.3. The monoisotopic (exact) mass is 400 g/mol. The number of benzene rings is 1. The number of nitrogens with zero attached hydrogens (tertiary/aromatic N) is 1. The number of amides is 1. The van der Waals surface area contributed by atoms with Gasteiger partial charge >= 0.3 is 0 Å². The van der Waals surface area contributed by atoms with Crippen LogP contribution in [0.1, 0.15) is 36.6 Å². The fourth-order valence-corrected chi connectivity index (χ4v) is 4.73. The van der Waals surface area contributed by atoms with Crippen molar-refractivity contribution in [3.8, 4) is 0 Å². The Morgan fingerprint density at radius 2 is 2.04 bits per heavy atom. The zero-order chi connectivity index (χ0) is 19.5. The van der Waals surface area contributed by atoms with Crippen LogP contribution in [0.15, 0.2) is 51.8 Å². The van der Waals surface area contributed by atoms with Crippen molar-refractivity contribution >= 4 is 17.7 Å². The third kappa shape index (κ3) is 4.62. The van der Waals surface area contributed by atoms with Gasteiger partial charge in [-0.15, -0.1) is 11.8 Å². The zero-order valence-electron chi connectivity index (χ0n) is 16.5. The second-order valence-corrected chi connectivity index (χ2v) is 9.05. The summed E-state index contributed by atoms with van der Waals surface area (Å²) in [5.41, 5.74) is 0. The van der Waals surface area contributed by atoms with E-state index < -0.39 is 0 Å². The molecule has 150 valence electrons. The van der Waals surface area contributed by atoms with Gasteiger partial charge in [0.1, 0.15) is 5.76 Å². The summed E-state index contributed by atoms with van der Waals surface area (Å²) >= 11 is 1.70. The van der Waals surface area contributed by atoms with Crippen molar-refractivity contribution in [1.82, 2.24) is 10.2 Å². The van der Waals surface area contributed by atoms with E-state index in [1.54, 1.807) is 17.8 Å². The molecule has 0 radical (unpaired) electrons. The molecule has 1 aromatic carbocycles. The Morgan fingerprint density at radius 3 is 2.82 bits per heavy atom. The number of carbonyl (C=O) groups is 1. The van der Waals surface area contributed by atoms with Crippen LogP contribution < -0.4 is 5.32 Å². The van der Waals surface area contributed by atoms with E-state index in [1.807, 2.05) is 24.3 Å². The van der Waals surface area contributed by atoms with Gasteiger partial charge in [0, 0.05) is 30.1 Å². The standard InChI is InChI=1S/C22H28N2O3S/c1-15(2)21-12-24-11-16(10-17(24)13-26-21)23-22(25)20-9-8-18(27-20)14-28-19-6-4-3-5-7-19/h3-9,15-17,21H,10-14H2,1-2H3,(H,23,25)/t16-,17-,21-/m0/s1. The molecule has 2 aromatic rings. The lowest BCUT2D eigenvalue weighted by molar-refractivity contribution is -0.0683. The Balaban J connectivity index is 1.28. The quantitative estimate of drug-likeness (QED) is 0.748. The molecule has 2 aliphatic rings. The van der Waals surface area contributed by atoms with E-state index in [9.17, 15) is 4.79 Å². The smallest absolute Gasteiger partial charge is 0.287 e. The Bertz CT molecular complexity index is 792. The van der Waals surface area contributed by atoms with Gasteiger partial charge in [0.25, 0.3) is 5.91 Å². The molecule has 2 fully saturated rings. The molecule has 2 saturated heterocycles. The number of hydrogen-bond donors (Lipinski definition) is 1. The fourth-order valence-electron chi connectivity index (χ4n) is 3.91. The Morgan fingerprint density at radius 1 is 1.21 bits per heavy atom. The first-order chi connectivity index (χ1) is 13.6. The largest absolute Gasteiger partial charge is 0.455 e. The molecule has 4 rings (SSSR count). The van der Waals surface area contributed by atoms with E-state index in [1.165, 1.54) is 4.90 Å². The normalized spacial score (nSPS) is 25.0. The van der Waals surface area contributed by atoms with Crippen LogP contribution in [0.2, 0.25) is 0 Å². The first-order valence-electron chi connectivity index (χ1n) is 10.0. The van der Waals surface area contributed by atoms with Crippen molar-refractivity contribution in [1.29, 1.82) is 0 Å². The molecule has 1 amide bonds. The number of rotatable bonds is 6. The lowest BCUT2D eigenvalue weighted by atomic mass is 10.0. The SMILES string of the molecule is CC(C)[C@@H]1CN2C[C@@H](NC(=O)c3ccc(CSc4ccccc4)o3)C[C@H]2CO1. The van der Waals surface area contributed by atoms with E-state index in [2.05, 4.69) is 36.2 Å². The number of fused-ring (bicyclic) bond motifs is 1. The summed E-state index contributed by atoms with van der Waals surface area (Å²) < 4.78 is 11.8. The van der Waals surface area contributed by atoms with Crippen molar-refractivity contribution in [2.45, 2.75) is 49.1 Å². The summed E-state index contributed by atoms with van der Waals surface area (Å²) in [5.74, 6) is 2.32. The minimum absolute atomic E-state index is 0.123. The van der Waals surface area contributed by atoms with Crippen LogP contribution in [0.25, 0.3) is 0 Å². The minimum atomic E-state index is -0.123. The Kier molecular flexibility index (Phi) is 6.09. The molecule has 0 saturated carbocycles. The summed E-state index contributed by atoms with van der Waals surface area (Å²) in [4.78, 5) is 16.3. The Hall–Kier alpha value is -1.76. The highest BCUT2D eigenvalue weighted by Gasteiger charge is 2.38. The van der Waals surface area contributed by atoms with Gasteiger partial charge < -0.3 is 14.5 Å². The molecule has 1 aromatic heterocycles. The highest BCUT2D eigenvalue weighted by Crippen LogP contribution is 2.27. The summed E-state index contributed by atoms with van der Waals surface area (Å²) in [5, 5.41) is 3.15. The summed E-state index contributed by atoms with van der Waals surface area (Å²) in [7, 11) is 0. The third-order valence-corrected chi connectivity index (χ3v) is 6.57. The number of morpholine rings is 1. The van der Waals surface area contributed by atoms with Gasteiger partial charge in [0.15, 0.2) is 5.76 Å². The van der Waals surface area contributed by atoms with Crippen molar-refractivity contribution in [2.75, 3.05) is 19.7 Å². The van der Waals surface area contributed by atoms with E-state index in [4.69, 9.17) is 9.15 Å². The molecule has 6 heteroatoms. The van der Waals surface area contributed by atoms with Crippen LogP contribution in [0.3, 0.4) is 0 Å².